The van der Waals surface area contributed by atoms with Gasteiger partial charge in [-0.15, -0.1) is 0 Å². The van der Waals surface area contributed by atoms with Gasteiger partial charge in [0, 0.05) is 20.7 Å². The van der Waals surface area contributed by atoms with E-state index in [-0.39, 0.29) is 0 Å². The van der Waals surface area contributed by atoms with Crippen LogP contribution in [0.15, 0.2) is 81.9 Å². The number of benzene rings is 2. The van der Waals surface area contributed by atoms with Crippen LogP contribution in [-0.2, 0) is 0 Å². The van der Waals surface area contributed by atoms with Gasteiger partial charge in [-0.3, -0.25) is 4.98 Å². The quantitative estimate of drug-likeness (QED) is 0.605. The molecule has 0 spiro atoms. The van der Waals surface area contributed by atoms with E-state index in [1.165, 1.54) is 0 Å². The molecule has 0 amide bonds. The smallest absolute Gasteiger partial charge is 0.423 e. The van der Waals surface area contributed by atoms with Crippen molar-refractivity contribution in [1.82, 2.24) is 4.98 Å². The molecule has 3 nitrogen and oxygen atoms in total. The topological polar surface area (TPSA) is 53.4 Å². The minimum absolute atomic E-state index is 0.488. The maximum absolute atomic E-state index is 8.73. The average molecular weight is 435 g/mol. The molecular weight excluding hydrogens is 421 g/mol. The standard InChI is InChI=1S/C11H8BrN.C6H6BBrO2/c12-10-6-4-9(5-7-10)11-3-1-2-8-13-11;8-6-4-2-1-3-5(6)7(9)10/h1-8H;1-4,9-10H. The molecule has 0 radical (unpaired) electrons. The second-order valence-corrected chi connectivity index (χ2v) is 6.39. The highest BCUT2D eigenvalue weighted by atomic mass is 79.9. The summed E-state index contributed by atoms with van der Waals surface area (Å²) in [5.74, 6) is 0. The van der Waals surface area contributed by atoms with E-state index in [0.29, 0.717) is 9.94 Å². The highest BCUT2D eigenvalue weighted by Crippen LogP contribution is 2.18. The molecule has 3 aromatic rings. The van der Waals surface area contributed by atoms with E-state index in [9.17, 15) is 0 Å². The Kier molecular flexibility index (Phi) is 6.98. The molecule has 2 aromatic carbocycles. The zero-order valence-electron chi connectivity index (χ0n) is 12.1. The number of pyridine rings is 1. The molecule has 116 valence electrons. The summed E-state index contributed by atoms with van der Waals surface area (Å²) in [6.45, 7) is 0. The van der Waals surface area contributed by atoms with E-state index >= 15 is 0 Å². The maximum Gasteiger partial charge on any atom is 0.489 e. The minimum Gasteiger partial charge on any atom is -0.423 e. The Morgan fingerprint density at radius 2 is 1.43 bits per heavy atom. The Morgan fingerprint density at radius 3 is 1.96 bits per heavy atom. The molecule has 0 fully saturated rings. The Balaban J connectivity index is 0.000000174. The minimum atomic E-state index is -1.39. The summed E-state index contributed by atoms with van der Waals surface area (Å²) in [5.41, 5.74) is 2.64. The molecule has 2 N–H and O–H groups in total. The first-order valence-corrected chi connectivity index (χ1v) is 8.44. The van der Waals surface area contributed by atoms with Gasteiger partial charge in [-0.25, -0.2) is 0 Å². The van der Waals surface area contributed by atoms with Crippen LogP contribution in [0.4, 0.5) is 0 Å². The van der Waals surface area contributed by atoms with Gasteiger partial charge in [-0.2, -0.15) is 0 Å². The van der Waals surface area contributed by atoms with E-state index in [0.717, 1.165) is 15.7 Å². The summed E-state index contributed by atoms with van der Waals surface area (Å²) >= 11 is 6.57. The van der Waals surface area contributed by atoms with Gasteiger partial charge in [0.1, 0.15) is 0 Å². The second kappa shape index (κ2) is 8.98. The zero-order chi connectivity index (χ0) is 16.7. The number of aromatic nitrogens is 1. The van der Waals surface area contributed by atoms with Crippen LogP contribution in [0, 0.1) is 0 Å². The van der Waals surface area contributed by atoms with Crippen LogP contribution in [-0.4, -0.2) is 22.2 Å². The lowest BCUT2D eigenvalue weighted by atomic mass is 9.80. The highest BCUT2D eigenvalue weighted by molar-refractivity contribution is 9.10. The van der Waals surface area contributed by atoms with Crippen LogP contribution < -0.4 is 5.46 Å². The molecule has 0 saturated heterocycles. The number of halogens is 2. The Morgan fingerprint density at radius 1 is 0.783 bits per heavy atom. The first-order valence-electron chi connectivity index (χ1n) is 6.85. The van der Waals surface area contributed by atoms with Crippen molar-refractivity contribution >= 4 is 44.4 Å². The number of rotatable bonds is 2. The first-order chi connectivity index (χ1) is 11.1. The van der Waals surface area contributed by atoms with Crippen molar-refractivity contribution in [2.75, 3.05) is 0 Å². The molecule has 6 heteroatoms. The van der Waals surface area contributed by atoms with Gasteiger partial charge in [0.2, 0.25) is 0 Å². The third-order valence-electron chi connectivity index (χ3n) is 2.99. The number of nitrogens with zero attached hydrogens (tertiary/aromatic N) is 1. The number of hydrogen-bond donors (Lipinski definition) is 2. The Bertz CT molecular complexity index is 737. The third kappa shape index (κ3) is 5.59. The summed E-state index contributed by atoms with van der Waals surface area (Å²) in [4.78, 5) is 4.26. The summed E-state index contributed by atoms with van der Waals surface area (Å²) in [6.07, 6.45) is 1.80. The lowest BCUT2D eigenvalue weighted by Crippen LogP contribution is -2.30. The fourth-order valence-electron chi connectivity index (χ4n) is 1.84. The van der Waals surface area contributed by atoms with E-state index in [4.69, 9.17) is 10.0 Å². The SMILES string of the molecule is Brc1ccc(-c2ccccn2)cc1.OB(O)c1ccccc1Br. The van der Waals surface area contributed by atoms with E-state index < -0.39 is 7.12 Å². The van der Waals surface area contributed by atoms with Gasteiger partial charge in [0.15, 0.2) is 0 Å². The Hall–Kier alpha value is -1.47. The van der Waals surface area contributed by atoms with Crippen LogP contribution in [0.2, 0.25) is 0 Å². The Labute approximate surface area is 152 Å². The molecule has 0 aliphatic carbocycles. The van der Waals surface area contributed by atoms with E-state index in [1.807, 2.05) is 48.5 Å². The van der Waals surface area contributed by atoms with E-state index in [2.05, 4.69) is 36.8 Å². The lowest BCUT2D eigenvalue weighted by molar-refractivity contribution is 0.425. The molecule has 0 unspecified atom stereocenters. The van der Waals surface area contributed by atoms with Crippen LogP contribution in [0.1, 0.15) is 0 Å². The first kappa shape index (κ1) is 17.9. The number of hydrogen-bond acceptors (Lipinski definition) is 3. The molecule has 0 aliphatic heterocycles. The monoisotopic (exact) mass is 433 g/mol. The maximum atomic E-state index is 8.73. The molecule has 0 saturated carbocycles. The summed E-state index contributed by atoms with van der Waals surface area (Å²) in [7, 11) is -1.39. The van der Waals surface area contributed by atoms with Crippen molar-refractivity contribution < 1.29 is 10.0 Å². The van der Waals surface area contributed by atoms with Crippen LogP contribution in [0.3, 0.4) is 0 Å². The molecule has 23 heavy (non-hydrogen) atoms. The summed E-state index contributed by atoms with van der Waals surface area (Å²) < 4.78 is 1.80. The van der Waals surface area contributed by atoms with Crippen molar-refractivity contribution in [1.29, 1.82) is 0 Å². The predicted octanol–water partition coefficient (Wildman–Crippen LogP) is 3.64. The van der Waals surface area contributed by atoms with Crippen molar-refractivity contribution in [3.8, 4) is 11.3 Å². The van der Waals surface area contributed by atoms with Gasteiger partial charge in [-0.05, 0) is 35.8 Å². The fourth-order valence-corrected chi connectivity index (χ4v) is 2.59. The van der Waals surface area contributed by atoms with Gasteiger partial charge < -0.3 is 10.0 Å². The van der Waals surface area contributed by atoms with Crippen LogP contribution in [0.25, 0.3) is 11.3 Å². The zero-order valence-corrected chi connectivity index (χ0v) is 15.3. The lowest BCUT2D eigenvalue weighted by Gasteiger charge is -1.99. The van der Waals surface area contributed by atoms with Crippen molar-refractivity contribution in [3.63, 3.8) is 0 Å². The van der Waals surface area contributed by atoms with Crippen LogP contribution in [0.5, 0.6) is 0 Å². The second-order valence-electron chi connectivity index (χ2n) is 4.62. The highest BCUT2D eigenvalue weighted by Gasteiger charge is 2.12. The molecule has 3 rings (SSSR count). The molecule has 1 heterocycles. The molecular formula is C17H14BBr2NO2. The van der Waals surface area contributed by atoms with Crippen molar-refractivity contribution in [2.45, 2.75) is 0 Å². The molecule has 0 aliphatic rings. The fraction of sp³-hybridized carbons (Fsp3) is 0. The van der Waals surface area contributed by atoms with Gasteiger partial charge >= 0.3 is 7.12 Å². The summed E-state index contributed by atoms with van der Waals surface area (Å²) in [5, 5.41) is 17.5. The predicted molar refractivity (Wildman–Crippen MR) is 101 cm³/mol. The summed E-state index contributed by atoms with van der Waals surface area (Å²) in [6, 6.07) is 21.0. The van der Waals surface area contributed by atoms with Crippen molar-refractivity contribution in [3.05, 3.63) is 81.9 Å². The molecule has 0 atom stereocenters. The molecule has 0 bridgehead atoms. The van der Waals surface area contributed by atoms with E-state index in [1.54, 1.807) is 24.4 Å². The molecule has 1 aromatic heterocycles. The van der Waals surface area contributed by atoms with Crippen LogP contribution >= 0.6 is 31.9 Å². The van der Waals surface area contributed by atoms with Crippen molar-refractivity contribution in [2.24, 2.45) is 0 Å². The third-order valence-corrected chi connectivity index (χ3v) is 4.24. The van der Waals surface area contributed by atoms with Gasteiger partial charge in [-0.1, -0.05) is 68.3 Å². The van der Waals surface area contributed by atoms with Gasteiger partial charge in [0.25, 0.3) is 0 Å². The largest absolute Gasteiger partial charge is 0.489 e. The van der Waals surface area contributed by atoms with Gasteiger partial charge in [0.05, 0.1) is 5.69 Å². The average Bonchev–Trinajstić information content (AvgIpc) is 2.57. The normalized spacial score (nSPS) is 9.74.